The molecule has 1 aromatic carbocycles. The number of halogens is 4. The fourth-order valence-electron chi connectivity index (χ4n) is 1.39. The van der Waals surface area contributed by atoms with Crippen LogP contribution in [0.25, 0.3) is 0 Å². The number of hydrogen-bond acceptors (Lipinski definition) is 4. The van der Waals surface area contributed by atoms with Crippen LogP contribution in [0.5, 0.6) is 11.5 Å². The number of hydrogen-bond donors (Lipinski definition) is 1. The summed E-state index contributed by atoms with van der Waals surface area (Å²) in [6.07, 6.45) is 0. The van der Waals surface area contributed by atoms with Crippen molar-refractivity contribution in [2.45, 2.75) is 27.1 Å². The zero-order valence-corrected chi connectivity index (χ0v) is 11.1. The third-order valence-electron chi connectivity index (χ3n) is 2.17. The second-order valence-corrected chi connectivity index (χ2v) is 3.78. The van der Waals surface area contributed by atoms with Crippen molar-refractivity contribution in [3.63, 3.8) is 0 Å². The average Bonchev–Trinajstić information content (AvgIpc) is 2.34. The van der Waals surface area contributed by atoms with Crippen LogP contribution in [0.4, 0.5) is 17.6 Å². The number of nitrogens with zero attached hydrogens (tertiary/aromatic N) is 1. The Bertz CT molecular complexity index is 535. The summed E-state index contributed by atoms with van der Waals surface area (Å²) < 4.78 is 57.3. The molecule has 0 aliphatic heterocycles. The molecule has 0 bridgehead atoms. The first-order chi connectivity index (χ1) is 9.79. The molecule has 0 atom stereocenters. The molecule has 0 aliphatic rings. The van der Waals surface area contributed by atoms with Crippen LogP contribution in [0, 0.1) is 0 Å². The van der Waals surface area contributed by atoms with Gasteiger partial charge in [0, 0.05) is 18.6 Å². The van der Waals surface area contributed by atoms with Crippen molar-refractivity contribution in [3.05, 3.63) is 23.8 Å². The van der Waals surface area contributed by atoms with Crippen molar-refractivity contribution in [2.24, 2.45) is 5.10 Å². The van der Waals surface area contributed by atoms with Gasteiger partial charge >= 0.3 is 13.2 Å². The van der Waals surface area contributed by atoms with Crippen molar-refractivity contribution in [3.8, 4) is 11.5 Å². The molecular formula is C12H12F4N2O3. The predicted octanol–water partition coefficient (Wildman–Crippen LogP) is 2.75. The first kappa shape index (κ1) is 16.7. The van der Waals surface area contributed by atoms with E-state index in [1.165, 1.54) is 19.9 Å². The average molecular weight is 308 g/mol. The molecule has 1 aromatic rings. The van der Waals surface area contributed by atoms with Crippen molar-refractivity contribution in [1.29, 1.82) is 0 Å². The monoisotopic (exact) mass is 308 g/mol. The highest BCUT2D eigenvalue weighted by atomic mass is 19.3. The highest BCUT2D eigenvalue weighted by molar-refractivity contribution is 6.01. The molecule has 0 aromatic heterocycles. The molecule has 0 saturated heterocycles. The fraction of sp³-hybridized carbons (Fsp3) is 0.333. The molecule has 1 amide bonds. The van der Waals surface area contributed by atoms with E-state index in [2.05, 4.69) is 20.0 Å². The van der Waals surface area contributed by atoms with E-state index in [1.54, 1.807) is 0 Å². The van der Waals surface area contributed by atoms with Crippen LogP contribution < -0.4 is 14.9 Å². The van der Waals surface area contributed by atoms with E-state index in [4.69, 9.17) is 0 Å². The van der Waals surface area contributed by atoms with E-state index in [9.17, 15) is 22.4 Å². The van der Waals surface area contributed by atoms with Crippen LogP contribution in [0.1, 0.15) is 19.4 Å². The molecule has 0 fully saturated rings. The van der Waals surface area contributed by atoms with Gasteiger partial charge in [0.05, 0.1) is 5.71 Å². The summed E-state index contributed by atoms with van der Waals surface area (Å²) in [6.45, 7) is -3.60. The fourth-order valence-corrected chi connectivity index (χ4v) is 1.39. The van der Waals surface area contributed by atoms with Gasteiger partial charge in [0.15, 0.2) is 0 Å². The number of nitrogens with one attached hydrogen (secondary N) is 1. The molecule has 0 saturated carbocycles. The van der Waals surface area contributed by atoms with Crippen LogP contribution in [0.15, 0.2) is 23.3 Å². The third kappa shape index (κ3) is 5.67. The summed E-state index contributed by atoms with van der Waals surface area (Å²) in [5.41, 5.74) is 2.39. The molecule has 0 aliphatic carbocycles. The van der Waals surface area contributed by atoms with E-state index in [0.29, 0.717) is 0 Å². The second kappa shape index (κ2) is 7.46. The van der Waals surface area contributed by atoms with Crippen LogP contribution in [-0.4, -0.2) is 24.8 Å². The van der Waals surface area contributed by atoms with Gasteiger partial charge in [-0.25, -0.2) is 5.43 Å². The number of benzene rings is 1. The normalized spacial score (nSPS) is 11.7. The van der Waals surface area contributed by atoms with E-state index < -0.39 is 24.9 Å². The maximum absolute atomic E-state index is 12.4. The molecule has 5 nitrogen and oxygen atoms in total. The van der Waals surface area contributed by atoms with Gasteiger partial charge in [-0.2, -0.15) is 22.7 Å². The lowest BCUT2D eigenvalue weighted by atomic mass is 10.1. The van der Waals surface area contributed by atoms with Crippen molar-refractivity contribution < 1.29 is 31.8 Å². The van der Waals surface area contributed by atoms with Gasteiger partial charge in [-0.05, 0) is 19.1 Å². The molecule has 1 rings (SSSR count). The maximum Gasteiger partial charge on any atom is 0.387 e. The third-order valence-corrected chi connectivity index (χ3v) is 2.17. The lowest BCUT2D eigenvalue weighted by molar-refractivity contribution is -0.118. The molecule has 0 unspecified atom stereocenters. The molecule has 21 heavy (non-hydrogen) atoms. The number of amides is 1. The quantitative estimate of drug-likeness (QED) is 0.499. The summed E-state index contributed by atoms with van der Waals surface area (Å²) in [4.78, 5) is 10.7. The molecule has 116 valence electrons. The molecule has 0 radical (unpaired) electrons. The Balaban J connectivity index is 3.11. The Kier molecular flexibility index (Phi) is 5.94. The molecular weight excluding hydrogens is 296 g/mol. The molecule has 0 heterocycles. The maximum atomic E-state index is 12.4. The number of rotatable bonds is 6. The predicted molar refractivity (Wildman–Crippen MR) is 65.7 cm³/mol. The van der Waals surface area contributed by atoms with Crippen molar-refractivity contribution >= 4 is 11.6 Å². The highest BCUT2D eigenvalue weighted by Gasteiger charge is 2.15. The van der Waals surface area contributed by atoms with Crippen molar-refractivity contribution in [1.82, 2.24) is 5.43 Å². The number of ether oxygens (including phenoxy) is 2. The largest absolute Gasteiger partial charge is 0.435 e. The van der Waals surface area contributed by atoms with E-state index >= 15 is 0 Å². The first-order valence-corrected chi connectivity index (χ1v) is 5.64. The Hall–Kier alpha value is -2.32. The van der Waals surface area contributed by atoms with Gasteiger partial charge in [-0.15, -0.1) is 0 Å². The van der Waals surface area contributed by atoms with Crippen molar-refractivity contribution in [2.75, 3.05) is 0 Å². The minimum Gasteiger partial charge on any atom is -0.435 e. The van der Waals surface area contributed by atoms with Gasteiger partial charge in [-0.1, -0.05) is 0 Å². The minimum atomic E-state index is -3.15. The minimum absolute atomic E-state index is 0.102. The van der Waals surface area contributed by atoms with Gasteiger partial charge in [0.25, 0.3) is 0 Å². The number of carbonyl (C=O) groups is 1. The lowest BCUT2D eigenvalue weighted by Crippen LogP contribution is -2.16. The number of hydrazone groups is 1. The smallest absolute Gasteiger partial charge is 0.387 e. The summed E-state index contributed by atoms with van der Waals surface area (Å²) in [7, 11) is 0. The Morgan fingerprint density at radius 1 is 1.14 bits per heavy atom. The Morgan fingerprint density at radius 3 is 2.29 bits per heavy atom. The van der Waals surface area contributed by atoms with Crippen LogP contribution in [0.3, 0.4) is 0 Å². The summed E-state index contributed by atoms with van der Waals surface area (Å²) in [6, 6.07) is 3.25. The molecule has 9 heteroatoms. The first-order valence-electron chi connectivity index (χ1n) is 5.64. The van der Waals surface area contributed by atoms with E-state index in [0.717, 1.165) is 12.1 Å². The second-order valence-electron chi connectivity index (χ2n) is 3.78. The molecule has 1 N–H and O–H groups in total. The van der Waals surface area contributed by atoms with Gasteiger partial charge in [0.2, 0.25) is 5.91 Å². The number of alkyl halides is 4. The van der Waals surface area contributed by atoms with Gasteiger partial charge in [0.1, 0.15) is 11.5 Å². The highest BCUT2D eigenvalue weighted by Crippen LogP contribution is 2.28. The van der Waals surface area contributed by atoms with Crippen LogP contribution >= 0.6 is 0 Å². The molecule has 0 spiro atoms. The SMILES string of the molecule is CC(=O)N/N=C(\C)c1ccc(OC(F)F)cc1OC(F)F. The Morgan fingerprint density at radius 2 is 1.76 bits per heavy atom. The summed E-state index contributed by atoms with van der Waals surface area (Å²) in [5.74, 6) is -1.19. The Labute approximate surface area is 117 Å². The van der Waals surface area contributed by atoms with E-state index in [1.807, 2.05) is 0 Å². The summed E-state index contributed by atoms with van der Waals surface area (Å²) >= 11 is 0. The number of carbonyl (C=O) groups excluding carboxylic acids is 1. The lowest BCUT2D eigenvalue weighted by Gasteiger charge is -2.13. The van der Waals surface area contributed by atoms with Crippen LogP contribution in [-0.2, 0) is 4.79 Å². The zero-order chi connectivity index (χ0) is 16.0. The zero-order valence-electron chi connectivity index (χ0n) is 11.1. The standard InChI is InChI=1S/C12H12F4N2O3/c1-6(17-18-7(2)19)9-4-3-8(20-11(13)14)5-10(9)21-12(15)16/h3-5,11-12H,1-2H3,(H,18,19)/b17-6+. The van der Waals surface area contributed by atoms with Crippen LogP contribution in [0.2, 0.25) is 0 Å². The van der Waals surface area contributed by atoms with Gasteiger partial charge in [-0.3, -0.25) is 4.79 Å². The van der Waals surface area contributed by atoms with Gasteiger partial charge < -0.3 is 9.47 Å². The van der Waals surface area contributed by atoms with E-state index in [-0.39, 0.29) is 17.0 Å². The summed E-state index contributed by atoms with van der Waals surface area (Å²) in [5, 5.41) is 3.66. The topological polar surface area (TPSA) is 59.9 Å².